The van der Waals surface area contributed by atoms with Crippen LogP contribution in [0.1, 0.15) is 31.1 Å². The molecular weight excluding hydrogens is 522 g/mol. The topological polar surface area (TPSA) is 63.7 Å². The molecule has 2 aromatic carbocycles. The number of fused-ring (bicyclic) bond motifs is 1. The summed E-state index contributed by atoms with van der Waals surface area (Å²) in [6, 6.07) is 17.9. The molecule has 0 aliphatic carbocycles. The van der Waals surface area contributed by atoms with Crippen molar-refractivity contribution in [3.8, 4) is 0 Å². The van der Waals surface area contributed by atoms with Crippen molar-refractivity contribution in [3.05, 3.63) is 71.8 Å². The summed E-state index contributed by atoms with van der Waals surface area (Å²) in [4.78, 5) is 27.3. The van der Waals surface area contributed by atoms with E-state index < -0.39 is 42.3 Å². The molecule has 0 saturated carbocycles. The third-order valence-corrected chi connectivity index (χ3v) is 9.80. The first-order valence-corrected chi connectivity index (χ1v) is 11.9. The van der Waals surface area contributed by atoms with Crippen LogP contribution in [0.2, 0.25) is 0 Å². The fourth-order valence-electron chi connectivity index (χ4n) is 3.88. The van der Waals surface area contributed by atoms with E-state index in [1.165, 1.54) is 4.90 Å². The van der Waals surface area contributed by atoms with Crippen LogP contribution >= 0.6 is 31.9 Å². The van der Waals surface area contributed by atoms with Crippen molar-refractivity contribution in [1.82, 2.24) is 4.90 Å². The Labute approximate surface area is 188 Å². The molecule has 4 rings (SSSR count). The van der Waals surface area contributed by atoms with Crippen LogP contribution in [0, 0.1) is 0 Å². The summed E-state index contributed by atoms with van der Waals surface area (Å²) in [7, 11) is -1.46. The first-order chi connectivity index (χ1) is 13.7. The number of rotatable bonds is 4. The quantitative estimate of drug-likeness (QED) is 0.335. The largest absolute Gasteiger partial charge is 0.451 e. The van der Waals surface area contributed by atoms with Crippen molar-refractivity contribution in [3.63, 3.8) is 0 Å². The highest BCUT2D eigenvalue weighted by Gasteiger charge is 2.73. The van der Waals surface area contributed by atoms with Crippen LogP contribution in [0.4, 0.5) is 0 Å². The maximum absolute atomic E-state index is 13.3. The summed E-state index contributed by atoms with van der Waals surface area (Å²) < 4.78 is 17.0. The number of halogens is 2. The van der Waals surface area contributed by atoms with Gasteiger partial charge in [-0.1, -0.05) is 92.5 Å². The fraction of sp³-hybridized carbons (Fsp3) is 0.333. The van der Waals surface area contributed by atoms with E-state index in [2.05, 4.69) is 31.9 Å². The van der Waals surface area contributed by atoms with Gasteiger partial charge < -0.3 is 9.64 Å². The van der Waals surface area contributed by atoms with Crippen molar-refractivity contribution >= 4 is 54.5 Å². The van der Waals surface area contributed by atoms with Gasteiger partial charge in [0.15, 0.2) is 9.34 Å². The van der Waals surface area contributed by atoms with Crippen molar-refractivity contribution in [1.29, 1.82) is 0 Å². The number of carbonyl (C=O) groups is 2. The summed E-state index contributed by atoms with van der Waals surface area (Å²) in [5.41, 5.74) is 1.65. The van der Waals surface area contributed by atoms with Crippen LogP contribution in [-0.2, 0) is 25.1 Å². The Morgan fingerprint density at radius 2 is 1.52 bits per heavy atom. The summed E-state index contributed by atoms with van der Waals surface area (Å²) in [5, 5.41) is -0.630. The molecule has 2 saturated heterocycles. The third kappa shape index (κ3) is 3.20. The first kappa shape index (κ1) is 20.8. The predicted octanol–water partition coefficient (Wildman–Crippen LogP) is 3.88. The second-order valence-corrected chi connectivity index (χ2v) is 13.3. The minimum absolute atomic E-state index is 0.320. The molecule has 5 nitrogen and oxygen atoms in total. The van der Waals surface area contributed by atoms with Gasteiger partial charge in [0.2, 0.25) is 0 Å². The molecule has 2 aliphatic heterocycles. The minimum Gasteiger partial charge on any atom is -0.451 e. The number of carbonyl (C=O) groups excluding carboxylic acids is 2. The molecule has 2 fully saturated rings. The molecule has 0 N–H and O–H groups in total. The molecule has 2 unspecified atom stereocenters. The van der Waals surface area contributed by atoms with E-state index >= 15 is 0 Å². The highest BCUT2D eigenvalue weighted by molar-refractivity contribution is 9.26. The van der Waals surface area contributed by atoms with Crippen molar-refractivity contribution in [2.75, 3.05) is 0 Å². The van der Waals surface area contributed by atoms with Gasteiger partial charge in [0.25, 0.3) is 5.91 Å². The summed E-state index contributed by atoms with van der Waals surface area (Å²) >= 11 is 6.62. The molecule has 3 atom stereocenters. The molecule has 2 aromatic rings. The highest BCUT2D eigenvalue weighted by atomic mass is 79.9. The number of ether oxygens (including phenoxy) is 1. The van der Waals surface area contributed by atoms with Crippen LogP contribution in [-0.4, -0.2) is 40.4 Å². The third-order valence-electron chi connectivity index (χ3n) is 5.40. The molecule has 0 bridgehead atoms. The minimum atomic E-state index is -1.46. The van der Waals surface area contributed by atoms with Crippen LogP contribution < -0.4 is 0 Å². The summed E-state index contributed by atoms with van der Waals surface area (Å²) in [6.07, 6.45) is -0.623. The lowest BCUT2D eigenvalue weighted by Gasteiger charge is -2.46. The molecular formula is C21H19Br2NO4S. The number of amides is 1. The van der Waals surface area contributed by atoms with Gasteiger partial charge in [-0.25, -0.2) is 4.79 Å². The Morgan fingerprint density at radius 1 is 1.03 bits per heavy atom. The van der Waals surface area contributed by atoms with E-state index in [0.29, 0.717) is 0 Å². The van der Waals surface area contributed by atoms with Crippen molar-refractivity contribution < 1.29 is 18.5 Å². The van der Waals surface area contributed by atoms with Gasteiger partial charge in [-0.2, -0.15) is 0 Å². The Balaban J connectivity index is 1.68. The lowest BCUT2D eigenvalue weighted by molar-refractivity contribution is -0.164. The van der Waals surface area contributed by atoms with Crippen molar-refractivity contribution in [2.45, 2.75) is 39.3 Å². The van der Waals surface area contributed by atoms with E-state index in [1.54, 1.807) is 13.8 Å². The fourth-order valence-corrected chi connectivity index (χ4v) is 7.55. The lowest BCUT2D eigenvalue weighted by Crippen LogP contribution is -2.69. The Bertz CT molecular complexity index is 941. The van der Waals surface area contributed by atoms with Gasteiger partial charge in [-0.3, -0.25) is 9.00 Å². The summed E-state index contributed by atoms with van der Waals surface area (Å²) in [5.74, 6) is -0.883. The SMILES string of the molecule is CC1(C)C(C(=O)OC(c2ccccc2)c2ccccc2)N2C(=O)C(Br)(Br)[C@H]2S1=O. The Hall–Kier alpha value is -1.51. The number of hydrogen-bond donors (Lipinski definition) is 0. The van der Waals surface area contributed by atoms with Crippen LogP contribution in [0.25, 0.3) is 0 Å². The van der Waals surface area contributed by atoms with Gasteiger partial charge in [0.1, 0.15) is 11.4 Å². The van der Waals surface area contributed by atoms with E-state index in [-0.39, 0.29) is 5.91 Å². The second-order valence-electron chi connectivity index (χ2n) is 7.63. The number of hydrogen-bond acceptors (Lipinski definition) is 4. The molecule has 2 heterocycles. The standard InChI is InChI=1S/C21H19Br2NO4S/c1-20(2)16(24-18(26)21(22,23)19(24)29(20)27)17(25)28-15(13-9-5-3-6-10-13)14-11-7-4-8-12-14/h3-12,15-16,19H,1-2H3/t16?,19-,29?/m1/s1. The molecule has 8 heteroatoms. The molecule has 1 amide bonds. The molecule has 0 radical (unpaired) electrons. The first-order valence-electron chi connectivity index (χ1n) is 9.09. The molecule has 0 aromatic heterocycles. The van der Waals surface area contributed by atoms with Crippen LogP contribution in [0.5, 0.6) is 0 Å². The number of alkyl halides is 2. The van der Waals surface area contributed by atoms with Crippen molar-refractivity contribution in [2.24, 2.45) is 0 Å². The number of esters is 1. The molecule has 29 heavy (non-hydrogen) atoms. The zero-order valence-electron chi connectivity index (χ0n) is 15.7. The molecule has 2 aliphatic rings. The number of benzene rings is 2. The number of nitrogens with zero attached hydrogens (tertiary/aromatic N) is 1. The number of β-lactam (4-membered cyclic amide) rings is 1. The maximum Gasteiger partial charge on any atom is 0.331 e. The van der Waals surface area contributed by atoms with Gasteiger partial charge in [0, 0.05) is 0 Å². The second kappa shape index (κ2) is 7.32. The van der Waals surface area contributed by atoms with E-state index in [9.17, 15) is 13.8 Å². The van der Waals surface area contributed by atoms with E-state index in [4.69, 9.17) is 4.74 Å². The van der Waals surface area contributed by atoms with Gasteiger partial charge >= 0.3 is 5.97 Å². The smallest absolute Gasteiger partial charge is 0.331 e. The highest BCUT2D eigenvalue weighted by Crippen LogP contribution is 2.55. The molecule has 152 valence electrons. The van der Waals surface area contributed by atoms with Gasteiger partial charge in [0.05, 0.1) is 15.5 Å². The van der Waals surface area contributed by atoms with Crippen LogP contribution in [0.3, 0.4) is 0 Å². The predicted molar refractivity (Wildman–Crippen MR) is 118 cm³/mol. The van der Waals surface area contributed by atoms with E-state index in [1.807, 2.05) is 60.7 Å². The van der Waals surface area contributed by atoms with Crippen LogP contribution in [0.15, 0.2) is 60.7 Å². The average molecular weight is 541 g/mol. The van der Waals surface area contributed by atoms with E-state index in [0.717, 1.165) is 11.1 Å². The Morgan fingerprint density at radius 3 is 2.00 bits per heavy atom. The average Bonchev–Trinajstić information content (AvgIpc) is 2.92. The Kier molecular flexibility index (Phi) is 5.24. The zero-order chi connectivity index (χ0) is 21.0. The normalized spacial score (nSPS) is 26.7. The zero-order valence-corrected chi connectivity index (χ0v) is 19.7. The maximum atomic E-state index is 13.3. The molecule has 0 spiro atoms. The summed E-state index contributed by atoms with van der Waals surface area (Å²) in [6.45, 7) is 3.47. The monoisotopic (exact) mass is 539 g/mol. The lowest BCUT2D eigenvalue weighted by atomic mass is 9.97. The van der Waals surface area contributed by atoms with Gasteiger partial charge in [-0.15, -0.1) is 0 Å². The van der Waals surface area contributed by atoms with Gasteiger partial charge in [-0.05, 0) is 25.0 Å².